The number of rotatable bonds is 4. The van der Waals surface area contributed by atoms with Gasteiger partial charge in [-0.3, -0.25) is 4.79 Å². The summed E-state index contributed by atoms with van der Waals surface area (Å²) in [6.45, 7) is 8.17. The molecule has 0 bridgehead atoms. The molecule has 0 amide bonds. The van der Waals surface area contributed by atoms with Crippen molar-refractivity contribution in [1.29, 1.82) is 0 Å². The van der Waals surface area contributed by atoms with Crippen molar-refractivity contribution in [2.45, 2.75) is 40.0 Å². The van der Waals surface area contributed by atoms with Crippen LogP contribution in [0.2, 0.25) is 0 Å². The predicted octanol–water partition coefficient (Wildman–Crippen LogP) is 3.44. The predicted molar refractivity (Wildman–Crippen MR) is 78.9 cm³/mol. The van der Waals surface area contributed by atoms with Gasteiger partial charge in [-0.15, -0.1) is 0 Å². The molecule has 0 aliphatic rings. The fourth-order valence-corrected chi connectivity index (χ4v) is 2.11. The Hall–Kier alpha value is -2.10. The quantitative estimate of drug-likeness (QED) is 0.896. The van der Waals surface area contributed by atoms with Crippen LogP contribution in [0.1, 0.15) is 42.4 Å². The van der Waals surface area contributed by atoms with Crippen LogP contribution in [0.4, 0.5) is 0 Å². The number of aliphatic carboxylic acids is 1. The first kappa shape index (κ1) is 14.3. The van der Waals surface area contributed by atoms with Gasteiger partial charge in [0, 0.05) is 11.5 Å². The highest BCUT2D eigenvalue weighted by atomic mass is 16.4. The smallest absolute Gasteiger partial charge is 0.309 e. The van der Waals surface area contributed by atoms with Gasteiger partial charge in [0.1, 0.15) is 5.82 Å². The van der Waals surface area contributed by atoms with Crippen molar-refractivity contribution in [1.82, 2.24) is 9.97 Å². The zero-order valence-corrected chi connectivity index (χ0v) is 12.3. The molecule has 2 N–H and O–H groups in total. The van der Waals surface area contributed by atoms with E-state index in [-0.39, 0.29) is 12.3 Å². The number of carboxylic acid groups (broad SMARTS) is 1. The second kappa shape index (κ2) is 5.49. The van der Waals surface area contributed by atoms with E-state index in [0.29, 0.717) is 5.69 Å². The lowest BCUT2D eigenvalue weighted by molar-refractivity contribution is -0.136. The third-order valence-electron chi connectivity index (χ3n) is 3.45. The number of benzene rings is 1. The zero-order valence-electron chi connectivity index (χ0n) is 12.3. The number of imidazole rings is 1. The Balaban J connectivity index is 2.52. The van der Waals surface area contributed by atoms with Crippen molar-refractivity contribution in [2.75, 3.05) is 0 Å². The number of hydrogen-bond donors (Lipinski definition) is 2. The number of hydrogen-bond acceptors (Lipinski definition) is 2. The molecule has 0 unspecified atom stereocenters. The van der Waals surface area contributed by atoms with Crippen LogP contribution in [0.5, 0.6) is 0 Å². The summed E-state index contributed by atoms with van der Waals surface area (Å²) in [5, 5.41) is 9.04. The van der Waals surface area contributed by atoms with Crippen molar-refractivity contribution in [3.8, 4) is 11.3 Å². The molecule has 4 heteroatoms. The van der Waals surface area contributed by atoms with E-state index in [9.17, 15) is 4.79 Å². The van der Waals surface area contributed by atoms with Crippen LogP contribution in [0.25, 0.3) is 11.3 Å². The third-order valence-corrected chi connectivity index (χ3v) is 3.45. The van der Waals surface area contributed by atoms with E-state index in [1.807, 2.05) is 32.9 Å². The van der Waals surface area contributed by atoms with E-state index in [1.54, 1.807) is 0 Å². The number of aromatic amines is 1. The average molecular weight is 272 g/mol. The Kier molecular flexibility index (Phi) is 3.93. The van der Waals surface area contributed by atoms with Gasteiger partial charge in [0.05, 0.1) is 17.8 Å². The molecule has 1 aromatic heterocycles. The zero-order chi connectivity index (χ0) is 14.9. The monoisotopic (exact) mass is 272 g/mol. The van der Waals surface area contributed by atoms with Gasteiger partial charge >= 0.3 is 5.97 Å². The van der Waals surface area contributed by atoms with Crippen LogP contribution in [0.3, 0.4) is 0 Å². The van der Waals surface area contributed by atoms with Crippen LogP contribution in [-0.2, 0) is 11.2 Å². The fraction of sp³-hybridized carbons (Fsp3) is 0.375. The van der Waals surface area contributed by atoms with Crippen molar-refractivity contribution in [3.63, 3.8) is 0 Å². The molecule has 1 aromatic carbocycles. The normalized spacial score (nSPS) is 11.1. The summed E-state index contributed by atoms with van der Waals surface area (Å²) in [5.74, 6) is 0.214. The lowest BCUT2D eigenvalue weighted by atomic mass is 10.0. The number of H-pyrrole nitrogens is 1. The van der Waals surface area contributed by atoms with Gasteiger partial charge in [-0.05, 0) is 31.0 Å². The van der Waals surface area contributed by atoms with Gasteiger partial charge in [0.25, 0.3) is 0 Å². The number of nitrogens with one attached hydrogen (secondary N) is 1. The number of carboxylic acids is 1. The SMILES string of the molecule is Cc1ccc(-c2nc(C(C)C)[nH]c2CC(=O)O)cc1C. The van der Waals surface area contributed by atoms with Crippen LogP contribution < -0.4 is 0 Å². The van der Waals surface area contributed by atoms with E-state index >= 15 is 0 Å². The van der Waals surface area contributed by atoms with E-state index in [4.69, 9.17) is 5.11 Å². The number of carbonyl (C=O) groups is 1. The Morgan fingerprint density at radius 3 is 2.55 bits per heavy atom. The van der Waals surface area contributed by atoms with Crippen LogP contribution in [0.15, 0.2) is 18.2 Å². The Morgan fingerprint density at radius 2 is 2.00 bits per heavy atom. The van der Waals surface area contributed by atoms with E-state index in [0.717, 1.165) is 17.1 Å². The lowest BCUT2D eigenvalue weighted by Crippen LogP contribution is -2.02. The summed E-state index contributed by atoms with van der Waals surface area (Å²) in [5.41, 5.74) is 4.78. The molecular formula is C16H20N2O2. The largest absolute Gasteiger partial charge is 0.481 e. The molecule has 0 fully saturated rings. The topological polar surface area (TPSA) is 66.0 Å². The van der Waals surface area contributed by atoms with Gasteiger partial charge in [0.15, 0.2) is 0 Å². The highest BCUT2D eigenvalue weighted by Crippen LogP contribution is 2.26. The average Bonchev–Trinajstić information content (AvgIpc) is 2.76. The Labute approximate surface area is 118 Å². The van der Waals surface area contributed by atoms with Crippen LogP contribution >= 0.6 is 0 Å². The summed E-state index contributed by atoms with van der Waals surface area (Å²) in [7, 11) is 0. The molecule has 4 nitrogen and oxygen atoms in total. The summed E-state index contributed by atoms with van der Waals surface area (Å²) < 4.78 is 0. The number of nitrogens with zero attached hydrogens (tertiary/aromatic N) is 1. The van der Waals surface area contributed by atoms with Gasteiger partial charge in [-0.2, -0.15) is 0 Å². The van der Waals surface area contributed by atoms with Crippen molar-refractivity contribution in [3.05, 3.63) is 40.8 Å². The second-order valence-electron chi connectivity index (χ2n) is 5.47. The number of aryl methyl sites for hydroxylation is 2. The molecule has 0 saturated carbocycles. The van der Waals surface area contributed by atoms with E-state index in [1.165, 1.54) is 11.1 Å². The number of aromatic nitrogens is 2. The maximum atomic E-state index is 11.0. The summed E-state index contributed by atoms with van der Waals surface area (Å²) >= 11 is 0. The minimum absolute atomic E-state index is 0.0397. The molecule has 1 heterocycles. The molecule has 20 heavy (non-hydrogen) atoms. The Morgan fingerprint density at radius 1 is 1.30 bits per heavy atom. The molecule has 0 spiro atoms. The molecule has 0 aliphatic carbocycles. The fourth-order valence-electron chi connectivity index (χ4n) is 2.11. The summed E-state index contributed by atoms with van der Waals surface area (Å²) in [6.07, 6.45) is -0.0397. The van der Waals surface area contributed by atoms with Gasteiger partial charge in [-0.25, -0.2) is 4.98 Å². The first-order valence-corrected chi connectivity index (χ1v) is 6.76. The molecule has 0 atom stereocenters. The highest BCUT2D eigenvalue weighted by molar-refractivity contribution is 5.74. The molecule has 106 valence electrons. The van der Waals surface area contributed by atoms with E-state index < -0.39 is 5.97 Å². The lowest BCUT2D eigenvalue weighted by Gasteiger charge is -2.04. The van der Waals surface area contributed by atoms with Crippen molar-refractivity contribution >= 4 is 5.97 Å². The maximum absolute atomic E-state index is 11.0. The molecule has 0 radical (unpaired) electrons. The molecule has 2 aromatic rings. The van der Waals surface area contributed by atoms with E-state index in [2.05, 4.69) is 23.0 Å². The minimum Gasteiger partial charge on any atom is -0.481 e. The summed E-state index contributed by atoms with van der Waals surface area (Å²) in [6, 6.07) is 6.09. The van der Waals surface area contributed by atoms with Crippen LogP contribution in [0, 0.1) is 13.8 Å². The standard InChI is InChI=1S/C16H20N2O2/c1-9(2)16-17-13(8-14(19)20)15(18-16)12-6-5-10(3)11(4)7-12/h5-7,9H,8H2,1-4H3,(H,17,18)(H,19,20). The van der Waals surface area contributed by atoms with Crippen LogP contribution in [-0.4, -0.2) is 21.0 Å². The minimum atomic E-state index is -0.853. The Bertz CT molecular complexity index is 642. The summed E-state index contributed by atoms with van der Waals surface area (Å²) in [4.78, 5) is 18.7. The molecule has 0 saturated heterocycles. The van der Waals surface area contributed by atoms with Gasteiger partial charge in [-0.1, -0.05) is 26.0 Å². The second-order valence-corrected chi connectivity index (χ2v) is 5.47. The maximum Gasteiger partial charge on any atom is 0.309 e. The first-order valence-electron chi connectivity index (χ1n) is 6.76. The molecule has 2 rings (SSSR count). The highest BCUT2D eigenvalue weighted by Gasteiger charge is 2.16. The molecular weight excluding hydrogens is 252 g/mol. The van der Waals surface area contributed by atoms with Crippen molar-refractivity contribution in [2.24, 2.45) is 0 Å². The third kappa shape index (κ3) is 2.90. The van der Waals surface area contributed by atoms with Crippen molar-refractivity contribution < 1.29 is 9.90 Å². The first-order chi connectivity index (χ1) is 9.38. The van der Waals surface area contributed by atoms with Gasteiger partial charge < -0.3 is 10.1 Å². The van der Waals surface area contributed by atoms with Gasteiger partial charge in [0.2, 0.25) is 0 Å². The molecule has 0 aliphatic heterocycles.